The second kappa shape index (κ2) is 4.89. The van der Waals surface area contributed by atoms with E-state index in [4.69, 9.17) is 22.9 Å². The normalized spacial score (nSPS) is 45.8. The molecule has 0 aliphatic heterocycles. The number of Topliss-reactive ketones (excluding diaryl/α,β-unsaturated/α-hetero) is 1. The van der Waals surface area contributed by atoms with E-state index in [0.29, 0.717) is 12.8 Å². The number of rotatable bonds is 2. The predicted molar refractivity (Wildman–Crippen MR) is 71.7 cm³/mol. The third-order valence-electron chi connectivity index (χ3n) is 4.88. The second-order valence-corrected chi connectivity index (χ2v) is 6.11. The fourth-order valence-electron chi connectivity index (χ4n) is 3.45. The molecule has 4 atom stereocenters. The van der Waals surface area contributed by atoms with Crippen LogP contribution in [0.3, 0.4) is 0 Å². The fraction of sp³-hybridized carbons (Fsp3) is 0.923. The van der Waals surface area contributed by atoms with Gasteiger partial charge in [0.2, 0.25) is 0 Å². The minimum Gasteiger partial charge on any atom is -0.326 e. The summed E-state index contributed by atoms with van der Waals surface area (Å²) in [5.74, 6) is -0.102. The highest BCUT2D eigenvalue weighted by Gasteiger charge is 2.52. The molecule has 0 heterocycles. The Morgan fingerprint density at radius 3 is 1.56 bits per heavy atom. The fourth-order valence-corrected chi connectivity index (χ4v) is 3.45. The SMILES string of the molecule is NC1CCCCC1(N)C(=O)C1(N)CCCCC1N. The third-order valence-corrected chi connectivity index (χ3v) is 4.88. The molecule has 8 N–H and O–H groups in total. The van der Waals surface area contributed by atoms with E-state index in [1.165, 1.54) is 0 Å². The molecule has 0 saturated heterocycles. The molecule has 0 radical (unpaired) electrons. The molecule has 2 rings (SSSR count). The maximum absolute atomic E-state index is 12.8. The lowest BCUT2D eigenvalue weighted by molar-refractivity contribution is -0.133. The van der Waals surface area contributed by atoms with Crippen LogP contribution in [-0.2, 0) is 4.79 Å². The first-order valence-corrected chi connectivity index (χ1v) is 7.05. The van der Waals surface area contributed by atoms with Gasteiger partial charge in [-0.3, -0.25) is 4.79 Å². The minimum atomic E-state index is -0.970. The van der Waals surface area contributed by atoms with Crippen molar-refractivity contribution >= 4 is 5.78 Å². The molecule has 18 heavy (non-hydrogen) atoms. The predicted octanol–water partition coefficient (Wildman–Crippen LogP) is -0.247. The van der Waals surface area contributed by atoms with Crippen LogP contribution in [0.5, 0.6) is 0 Å². The Morgan fingerprint density at radius 2 is 1.22 bits per heavy atom. The third kappa shape index (κ3) is 2.09. The number of hydrogen-bond acceptors (Lipinski definition) is 5. The molecule has 0 aromatic carbocycles. The number of carbonyl (C=O) groups is 1. The summed E-state index contributed by atoms with van der Waals surface area (Å²) >= 11 is 0. The van der Waals surface area contributed by atoms with Crippen molar-refractivity contribution in [2.45, 2.75) is 74.5 Å². The van der Waals surface area contributed by atoms with Gasteiger partial charge in [-0.15, -0.1) is 0 Å². The smallest absolute Gasteiger partial charge is 0.175 e. The molecular weight excluding hydrogens is 228 g/mol. The highest BCUT2D eigenvalue weighted by Crippen LogP contribution is 2.34. The van der Waals surface area contributed by atoms with Gasteiger partial charge in [0.05, 0.1) is 11.1 Å². The second-order valence-electron chi connectivity index (χ2n) is 6.11. The molecule has 104 valence electrons. The summed E-state index contributed by atoms with van der Waals surface area (Å²) in [6.45, 7) is 0. The first-order valence-electron chi connectivity index (χ1n) is 7.05. The first-order chi connectivity index (χ1) is 8.41. The molecule has 0 amide bonds. The van der Waals surface area contributed by atoms with Gasteiger partial charge in [-0.25, -0.2) is 0 Å². The van der Waals surface area contributed by atoms with Gasteiger partial charge in [-0.1, -0.05) is 25.7 Å². The van der Waals surface area contributed by atoms with Crippen molar-refractivity contribution in [3.8, 4) is 0 Å². The van der Waals surface area contributed by atoms with Crippen LogP contribution >= 0.6 is 0 Å². The summed E-state index contributed by atoms with van der Waals surface area (Å²) in [6.07, 6.45) is 6.84. The molecular formula is C13H26N4O. The van der Waals surface area contributed by atoms with Crippen molar-refractivity contribution in [3.05, 3.63) is 0 Å². The highest BCUT2D eigenvalue weighted by molar-refractivity contribution is 5.98. The Kier molecular flexibility index (Phi) is 3.78. The van der Waals surface area contributed by atoms with E-state index in [-0.39, 0.29) is 17.9 Å². The van der Waals surface area contributed by atoms with Crippen LogP contribution in [-0.4, -0.2) is 28.9 Å². The molecule has 0 aromatic heterocycles. The molecule has 0 aromatic rings. The standard InChI is InChI=1S/C13H26N4O/c14-9-5-1-3-7-12(9,16)11(18)13(17)8-4-2-6-10(13)15/h9-10H,1-8,14-17H2. The number of hydrogen-bond donors (Lipinski definition) is 4. The van der Waals surface area contributed by atoms with Gasteiger partial charge < -0.3 is 22.9 Å². The quantitative estimate of drug-likeness (QED) is 0.541. The molecule has 0 spiro atoms. The van der Waals surface area contributed by atoms with Crippen molar-refractivity contribution < 1.29 is 4.79 Å². The average Bonchev–Trinajstić information content (AvgIpc) is 2.36. The van der Waals surface area contributed by atoms with Crippen LogP contribution in [0.1, 0.15) is 51.4 Å². The zero-order chi connectivity index (χ0) is 13.4. The van der Waals surface area contributed by atoms with Crippen molar-refractivity contribution in [2.75, 3.05) is 0 Å². The zero-order valence-electron chi connectivity index (χ0n) is 11.0. The molecule has 2 aliphatic carbocycles. The van der Waals surface area contributed by atoms with Crippen LogP contribution in [0.25, 0.3) is 0 Å². The topological polar surface area (TPSA) is 121 Å². The van der Waals surface area contributed by atoms with Gasteiger partial charge >= 0.3 is 0 Å². The summed E-state index contributed by atoms with van der Waals surface area (Å²) in [6, 6.07) is -0.568. The van der Waals surface area contributed by atoms with E-state index in [0.717, 1.165) is 38.5 Å². The summed E-state index contributed by atoms with van der Waals surface area (Å²) in [4.78, 5) is 12.8. The summed E-state index contributed by atoms with van der Waals surface area (Å²) in [5, 5.41) is 0. The highest BCUT2D eigenvalue weighted by atomic mass is 16.1. The number of nitrogens with two attached hydrogens (primary N) is 4. The molecule has 5 nitrogen and oxygen atoms in total. The Bertz CT molecular complexity index is 305. The van der Waals surface area contributed by atoms with E-state index < -0.39 is 11.1 Å². The first kappa shape index (κ1) is 13.9. The van der Waals surface area contributed by atoms with Crippen molar-refractivity contribution in [1.82, 2.24) is 0 Å². The van der Waals surface area contributed by atoms with Crippen LogP contribution < -0.4 is 22.9 Å². The van der Waals surface area contributed by atoms with Crippen molar-refractivity contribution in [2.24, 2.45) is 22.9 Å². The van der Waals surface area contributed by atoms with Gasteiger partial charge in [-0.2, -0.15) is 0 Å². The lowest BCUT2D eigenvalue weighted by atomic mass is 9.65. The van der Waals surface area contributed by atoms with E-state index in [9.17, 15) is 4.79 Å². The molecule has 2 fully saturated rings. The van der Waals surface area contributed by atoms with E-state index in [2.05, 4.69) is 0 Å². The van der Waals surface area contributed by atoms with Crippen molar-refractivity contribution in [1.29, 1.82) is 0 Å². The Labute approximate surface area is 109 Å². The molecule has 5 heteroatoms. The van der Waals surface area contributed by atoms with Gasteiger partial charge in [0.1, 0.15) is 0 Å². The largest absolute Gasteiger partial charge is 0.326 e. The number of ketones is 1. The average molecular weight is 254 g/mol. The van der Waals surface area contributed by atoms with E-state index in [1.807, 2.05) is 0 Å². The van der Waals surface area contributed by atoms with Gasteiger partial charge in [0, 0.05) is 12.1 Å². The maximum Gasteiger partial charge on any atom is 0.175 e. The lowest BCUT2D eigenvalue weighted by Crippen LogP contribution is -2.74. The van der Waals surface area contributed by atoms with Gasteiger partial charge in [-0.05, 0) is 25.7 Å². The van der Waals surface area contributed by atoms with E-state index in [1.54, 1.807) is 0 Å². The van der Waals surface area contributed by atoms with Gasteiger partial charge in [0.15, 0.2) is 5.78 Å². The van der Waals surface area contributed by atoms with Crippen molar-refractivity contribution in [3.63, 3.8) is 0 Å². The monoisotopic (exact) mass is 254 g/mol. The van der Waals surface area contributed by atoms with E-state index >= 15 is 0 Å². The van der Waals surface area contributed by atoms with Crippen LogP contribution in [0.15, 0.2) is 0 Å². The van der Waals surface area contributed by atoms with Crippen LogP contribution in [0, 0.1) is 0 Å². The van der Waals surface area contributed by atoms with Crippen LogP contribution in [0.4, 0.5) is 0 Å². The lowest BCUT2D eigenvalue weighted by Gasteiger charge is -2.46. The molecule has 2 aliphatic rings. The molecule has 2 saturated carbocycles. The minimum absolute atomic E-state index is 0.102. The molecule has 0 bridgehead atoms. The maximum atomic E-state index is 12.8. The Balaban J connectivity index is 2.23. The zero-order valence-corrected chi connectivity index (χ0v) is 11.0. The Morgan fingerprint density at radius 1 is 0.833 bits per heavy atom. The van der Waals surface area contributed by atoms with Gasteiger partial charge in [0.25, 0.3) is 0 Å². The summed E-state index contributed by atoms with van der Waals surface area (Å²) in [7, 11) is 0. The Hall–Kier alpha value is -0.490. The summed E-state index contributed by atoms with van der Waals surface area (Å²) in [5.41, 5.74) is 22.9. The molecule has 4 unspecified atom stereocenters. The number of carbonyl (C=O) groups excluding carboxylic acids is 1. The van der Waals surface area contributed by atoms with Crippen LogP contribution in [0.2, 0.25) is 0 Å². The summed E-state index contributed by atoms with van der Waals surface area (Å²) < 4.78 is 0.